The molecule has 1 atom stereocenters. The van der Waals surface area contributed by atoms with Gasteiger partial charge in [-0.25, -0.2) is 4.79 Å². The average Bonchev–Trinajstić information content (AvgIpc) is 2.64. The second kappa shape index (κ2) is 9.09. The molecule has 1 heterocycles. The fraction of sp³-hybridized carbons (Fsp3) is 0.591. The summed E-state index contributed by atoms with van der Waals surface area (Å²) in [6.45, 7) is 10.4. The van der Waals surface area contributed by atoms with Crippen LogP contribution in [0.25, 0.3) is 0 Å². The highest BCUT2D eigenvalue weighted by atomic mass is 16.6. The maximum atomic E-state index is 13.4. The Labute approximate surface area is 168 Å². The quantitative estimate of drug-likeness (QED) is 0.783. The predicted molar refractivity (Wildman–Crippen MR) is 107 cm³/mol. The minimum atomic E-state index is -0.595. The molecule has 1 aromatic carbocycles. The maximum absolute atomic E-state index is 13.4. The molecule has 152 valence electrons. The summed E-state index contributed by atoms with van der Waals surface area (Å²) < 4.78 is 5.53. The molecular formula is C22H31N3O3. The Kier molecular flexibility index (Phi) is 7.06. The highest BCUT2D eigenvalue weighted by Crippen LogP contribution is 2.23. The van der Waals surface area contributed by atoms with Crippen molar-refractivity contribution in [2.75, 3.05) is 6.54 Å². The van der Waals surface area contributed by atoms with Crippen molar-refractivity contribution in [2.45, 2.75) is 78.1 Å². The number of nitriles is 1. The maximum Gasteiger partial charge on any atom is 0.410 e. The zero-order valence-electron chi connectivity index (χ0n) is 17.6. The molecule has 1 aromatic rings. The highest BCUT2D eigenvalue weighted by Gasteiger charge is 2.37. The summed E-state index contributed by atoms with van der Waals surface area (Å²) in [5, 5.41) is 8.95. The number of benzene rings is 1. The highest BCUT2D eigenvalue weighted by molar-refractivity contribution is 5.86. The van der Waals surface area contributed by atoms with Gasteiger partial charge in [0.2, 0.25) is 5.91 Å². The number of amides is 2. The smallest absolute Gasteiger partial charge is 0.410 e. The third-order valence-corrected chi connectivity index (χ3v) is 4.76. The summed E-state index contributed by atoms with van der Waals surface area (Å²) in [7, 11) is 0. The van der Waals surface area contributed by atoms with Crippen LogP contribution in [-0.4, -0.2) is 46.0 Å². The molecule has 1 aliphatic heterocycles. The van der Waals surface area contributed by atoms with E-state index in [0.717, 1.165) is 18.4 Å². The van der Waals surface area contributed by atoms with Gasteiger partial charge in [0, 0.05) is 19.1 Å². The molecule has 1 fully saturated rings. The zero-order chi connectivity index (χ0) is 20.9. The number of carbonyl (C=O) groups excluding carboxylic acids is 2. The van der Waals surface area contributed by atoms with Crippen molar-refractivity contribution in [2.24, 2.45) is 0 Å². The monoisotopic (exact) mass is 385 g/mol. The van der Waals surface area contributed by atoms with Crippen LogP contribution in [-0.2, 0) is 16.1 Å². The standard InChI is InChI=1S/C22H31N3O3/c1-16(2)25(15-18-11-9-17(14-23)10-12-18)20(26)19-8-6-7-13-24(19)21(27)28-22(3,4)5/h9-12,16,19H,6-8,13,15H2,1-5H3/t19-/m1/s1. The van der Waals surface area contributed by atoms with E-state index in [2.05, 4.69) is 6.07 Å². The second-order valence-electron chi connectivity index (χ2n) is 8.55. The number of hydrogen-bond donors (Lipinski definition) is 0. The van der Waals surface area contributed by atoms with Gasteiger partial charge in [-0.1, -0.05) is 12.1 Å². The van der Waals surface area contributed by atoms with Crippen molar-refractivity contribution in [3.63, 3.8) is 0 Å². The lowest BCUT2D eigenvalue weighted by atomic mass is 10.00. The Morgan fingerprint density at radius 2 is 1.89 bits per heavy atom. The van der Waals surface area contributed by atoms with Gasteiger partial charge in [-0.15, -0.1) is 0 Å². The van der Waals surface area contributed by atoms with Crippen LogP contribution in [0.15, 0.2) is 24.3 Å². The molecular weight excluding hydrogens is 354 g/mol. The van der Waals surface area contributed by atoms with E-state index >= 15 is 0 Å². The molecule has 1 saturated heterocycles. The number of carbonyl (C=O) groups is 2. The van der Waals surface area contributed by atoms with Gasteiger partial charge in [0.15, 0.2) is 0 Å². The molecule has 0 N–H and O–H groups in total. The first kappa shape index (κ1) is 21.7. The molecule has 0 radical (unpaired) electrons. The van der Waals surface area contributed by atoms with Crippen LogP contribution in [0.4, 0.5) is 4.79 Å². The van der Waals surface area contributed by atoms with E-state index < -0.39 is 17.7 Å². The van der Waals surface area contributed by atoms with Crippen molar-refractivity contribution >= 4 is 12.0 Å². The minimum absolute atomic E-state index is 0.00874. The molecule has 0 spiro atoms. The van der Waals surface area contributed by atoms with E-state index in [4.69, 9.17) is 10.00 Å². The lowest BCUT2D eigenvalue weighted by Gasteiger charge is -2.39. The van der Waals surface area contributed by atoms with Gasteiger partial charge in [0.1, 0.15) is 11.6 Å². The molecule has 1 aliphatic rings. The summed E-state index contributed by atoms with van der Waals surface area (Å²) in [6, 6.07) is 8.85. The van der Waals surface area contributed by atoms with Crippen molar-refractivity contribution in [1.82, 2.24) is 9.80 Å². The molecule has 28 heavy (non-hydrogen) atoms. The van der Waals surface area contributed by atoms with Crippen LogP contribution >= 0.6 is 0 Å². The van der Waals surface area contributed by atoms with Crippen LogP contribution in [0.1, 0.15) is 65.0 Å². The van der Waals surface area contributed by atoms with Gasteiger partial charge < -0.3 is 9.64 Å². The Morgan fingerprint density at radius 3 is 2.43 bits per heavy atom. The lowest BCUT2D eigenvalue weighted by molar-refractivity contribution is -0.140. The van der Waals surface area contributed by atoms with Crippen LogP contribution in [0, 0.1) is 11.3 Å². The Hall–Kier alpha value is -2.55. The summed E-state index contributed by atoms with van der Waals surface area (Å²) in [5.41, 5.74) is 0.956. The molecule has 0 unspecified atom stereocenters. The molecule has 0 aromatic heterocycles. The Bertz CT molecular complexity index is 729. The van der Waals surface area contributed by atoms with Crippen molar-refractivity contribution in [3.8, 4) is 6.07 Å². The number of rotatable bonds is 4. The van der Waals surface area contributed by atoms with Crippen LogP contribution in [0.5, 0.6) is 0 Å². The van der Waals surface area contributed by atoms with E-state index in [0.29, 0.717) is 25.1 Å². The zero-order valence-corrected chi connectivity index (χ0v) is 17.6. The first-order valence-electron chi connectivity index (χ1n) is 9.91. The average molecular weight is 386 g/mol. The summed E-state index contributed by atoms with van der Waals surface area (Å²) in [4.78, 5) is 29.4. The van der Waals surface area contributed by atoms with Gasteiger partial charge in [-0.2, -0.15) is 5.26 Å². The largest absolute Gasteiger partial charge is 0.444 e. The third-order valence-electron chi connectivity index (χ3n) is 4.76. The number of hydrogen-bond acceptors (Lipinski definition) is 4. The molecule has 6 heteroatoms. The first-order chi connectivity index (χ1) is 13.1. The molecule has 0 bridgehead atoms. The first-order valence-corrected chi connectivity index (χ1v) is 9.91. The summed E-state index contributed by atoms with van der Waals surface area (Å²) >= 11 is 0. The molecule has 0 saturated carbocycles. The summed E-state index contributed by atoms with van der Waals surface area (Å²) in [6.07, 6.45) is 2.01. The Balaban J connectivity index is 2.18. The van der Waals surface area contributed by atoms with Crippen LogP contribution in [0.3, 0.4) is 0 Å². The van der Waals surface area contributed by atoms with Gasteiger partial charge in [-0.05, 0) is 71.6 Å². The molecule has 2 amide bonds. The third kappa shape index (κ3) is 5.72. The van der Waals surface area contributed by atoms with Crippen molar-refractivity contribution in [1.29, 1.82) is 5.26 Å². The number of piperidine rings is 1. The number of ether oxygens (including phenoxy) is 1. The fourth-order valence-corrected chi connectivity index (χ4v) is 3.32. The van der Waals surface area contributed by atoms with Crippen molar-refractivity contribution in [3.05, 3.63) is 35.4 Å². The minimum Gasteiger partial charge on any atom is -0.444 e. The fourth-order valence-electron chi connectivity index (χ4n) is 3.32. The van der Waals surface area contributed by atoms with E-state index in [1.54, 1.807) is 21.9 Å². The predicted octanol–water partition coefficient (Wildman–Crippen LogP) is 4.08. The molecule has 0 aliphatic carbocycles. The van der Waals surface area contributed by atoms with Gasteiger partial charge in [-0.3, -0.25) is 9.69 Å². The van der Waals surface area contributed by atoms with E-state index in [1.165, 1.54) is 0 Å². The van der Waals surface area contributed by atoms with Gasteiger partial charge in [0.05, 0.1) is 11.6 Å². The second-order valence-corrected chi connectivity index (χ2v) is 8.55. The van der Waals surface area contributed by atoms with E-state index in [-0.39, 0.29) is 11.9 Å². The molecule has 2 rings (SSSR count). The van der Waals surface area contributed by atoms with Crippen molar-refractivity contribution < 1.29 is 14.3 Å². The Morgan fingerprint density at radius 1 is 1.25 bits per heavy atom. The van der Waals surface area contributed by atoms with Crippen LogP contribution < -0.4 is 0 Å². The SMILES string of the molecule is CC(C)N(Cc1ccc(C#N)cc1)C(=O)[C@H]1CCCCN1C(=O)OC(C)(C)C. The number of nitrogens with zero attached hydrogens (tertiary/aromatic N) is 3. The van der Waals surface area contributed by atoms with E-state index in [9.17, 15) is 9.59 Å². The lowest BCUT2D eigenvalue weighted by Crippen LogP contribution is -2.55. The van der Waals surface area contributed by atoms with Gasteiger partial charge >= 0.3 is 6.09 Å². The summed E-state index contributed by atoms with van der Waals surface area (Å²) in [5.74, 6) is -0.0510. The van der Waals surface area contributed by atoms with Crippen LogP contribution in [0.2, 0.25) is 0 Å². The normalized spacial score (nSPS) is 17.2. The topological polar surface area (TPSA) is 73.6 Å². The number of likely N-dealkylation sites (tertiary alicyclic amines) is 1. The van der Waals surface area contributed by atoms with E-state index in [1.807, 2.05) is 46.8 Å². The van der Waals surface area contributed by atoms with Gasteiger partial charge in [0.25, 0.3) is 0 Å². The molecule has 6 nitrogen and oxygen atoms in total.